The van der Waals surface area contributed by atoms with Crippen molar-refractivity contribution in [2.75, 3.05) is 25.3 Å². The molecule has 21 heavy (non-hydrogen) atoms. The predicted octanol–water partition coefficient (Wildman–Crippen LogP) is 1.67. The van der Waals surface area contributed by atoms with Crippen LogP contribution in [0.5, 0.6) is 0 Å². The van der Waals surface area contributed by atoms with Crippen LogP contribution in [-0.4, -0.2) is 37.3 Å². The highest BCUT2D eigenvalue weighted by Crippen LogP contribution is 2.26. The number of carbonyl (C=O) groups is 1. The molecule has 1 N–H and O–H groups in total. The van der Waals surface area contributed by atoms with Crippen LogP contribution in [0.4, 0.5) is 11.4 Å². The summed E-state index contributed by atoms with van der Waals surface area (Å²) in [5.41, 5.74) is 0.883. The molecule has 0 spiro atoms. The van der Waals surface area contributed by atoms with E-state index >= 15 is 0 Å². The molecular formula is C14H19N3O4. The monoisotopic (exact) mass is 293 g/mol. The Morgan fingerprint density at radius 3 is 2.76 bits per heavy atom. The standard InChI is InChI=1S/C14H19N3O4/c1-21-10-15-14(18)13-4-2-3-9-16(13)11-5-7-12(8-6-11)17(19)20/h5-8,13H,2-4,9-10H2,1H3,(H,15,18). The molecule has 1 amide bonds. The van der Waals surface area contributed by atoms with Gasteiger partial charge in [0.05, 0.1) is 4.92 Å². The molecule has 0 bridgehead atoms. The molecule has 1 atom stereocenters. The van der Waals surface area contributed by atoms with E-state index in [0.717, 1.165) is 31.5 Å². The second-order valence-electron chi connectivity index (χ2n) is 4.95. The van der Waals surface area contributed by atoms with Gasteiger partial charge in [-0.15, -0.1) is 0 Å². The van der Waals surface area contributed by atoms with Crippen LogP contribution in [0.25, 0.3) is 0 Å². The number of piperidine rings is 1. The number of non-ortho nitro benzene ring substituents is 1. The maximum atomic E-state index is 12.2. The molecule has 7 nitrogen and oxygen atoms in total. The number of nitrogens with one attached hydrogen (secondary N) is 1. The Morgan fingerprint density at radius 2 is 2.14 bits per heavy atom. The van der Waals surface area contributed by atoms with Crippen LogP contribution in [0.15, 0.2) is 24.3 Å². The molecule has 1 saturated heterocycles. The van der Waals surface area contributed by atoms with Gasteiger partial charge in [0.25, 0.3) is 5.69 Å². The van der Waals surface area contributed by atoms with Crippen molar-refractivity contribution in [3.05, 3.63) is 34.4 Å². The van der Waals surface area contributed by atoms with Gasteiger partial charge in [0.2, 0.25) is 5.91 Å². The number of amides is 1. The van der Waals surface area contributed by atoms with Crippen molar-refractivity contribution in [2.45, 2.75) is 25.3 Å². The van der Waals surface area contributed by atoms with Crippen molar-refractivity contribution in [3.63, 3.8) is 0 Å². The van der Waals surface area contributed by atoms with E-state index in [0.29, 0.717) is 0 Å². The Bertz CT molecular complexity index is 503. The van der Waals surface area contributed by atoms with Gasteiger partial charge in [0.15, 0.2) is 0 Å². The van der Waals surface area contributed by atoms with Crippen LogP contribution in [0, 0.1) is 10.1 Å². The molecule has 1 aliphatic rings. The summed E-state index contributed by atoms with van der Waals surface area (Å²) in [6.45, 7) is 0.951. The number of anilines is 1. The molecule has 1 unspecified atom stereocenters. The third-order valence-electron chi connectivity index (χ3n) is 3.59. The summed E-state index contributed by atoms with van der Waals surface area (Å²) in [6.07, 6.45) is 2.77. The summed E-state index contributed by atoms with van der Waals surface area (Å²) in [6, 6.07) is 6.07. The van der Waals surface area contributed by atoms with Crippen LogP contribution >= 0.6 is 0 Å². The minimum absolute atomic E-state index is 0.0520. The second-order valence-corrected chi connectivity index (χ2v) is 4.95. The van der Waals surface area contributed by atoms with Crippen LogP contribution in [0.3, 0.4) is 0 Å². The Morgan fingerprint density at radius 1 is 1.43 bits per heavy atom. The summed E-state index contributed by atoms with van der Waals surface area (Å²) in [5.74, 6) is -0.0742. The number of nitro benzene ring substituents is 1. The zero-order valence-electron chi connectivity index (χ0n) is 11.9. The summed E-state index contributed by atoms with van der Waals surface area (Å²) in [5, 5.41) is 13.4. The third-order valence-corrected chi connectivity index (χ3v) is 3.59. The van der Waals surface area contributed by atoms with E-state index < -0.39 is 4.92 Å². The highest BCUT2D eigenvalue weighted by Gasteiger charge is 2.28. The summed E-state index contributed by atoms with van der Waals surface area (Å²) in [4.78, 5) is 24.4. The minimum Gasteiger partial charge on any atom is -0.364 e. The first-order valence-corrected chi connectivity index (χ1v) is 6.91. The molecule has 1 aromatic rings. The number of hydrogen-bond acceptors (Lipinski definition) is 5. The van der Waals surface area contributed by atoms with E-state index in [1.807, 2.05) is 4.90 Å². The first-order valence-electron chi connectivity index (χ1n) is 6.91. The second kappa shape index (κ2) is 7.03. The Hall–Kier alpha value is -2.15. The molecule has 1 heterocycles. The van der Waals surface area contributed by atoms with Crippen molar-refractivity contribution in [3.8, 4) is 0 Å². The van der Waals surface area contributed by atoms with Crippen LogP contribution < -0.4 is 10.2 Å². The average Bonchev–Trinajstić information content (AvgIpc) is 2.52. The van der Waals surface area contributed by atoms with Crippen LogP contribution in [0.2, 0.25) is 0 Å². The van der Waals surface area contributed by atoms with Crippen molar-refractivity contribution < 1.29 is 14.5 Å². The van der Waals surface area contributed by atoms with Gasteiger partial charge in [-0.3, -0.25) is 14.9 Å². The van der Waals surface area contributed by atoms with Gasteiger partial charge in [-0.05, 0) is 31.4 Å². The van der Waals surface area contributed by atoms with Crippen molar-refractivity contribution in [1.82, 2.24) is 5.32 Å². The number of carbonyl (C=O) groups excluding carboxylic acids is 1. The smallest absolute Gasteiger partial charge is 0.269 e. The topological polar surface area (TPSA) is 84.7 Å². The van der Waals surface area contributed by atoms with E-state index in [9.17, 15) is 14.9 Å². The van der Waals surface area contributed by atoms with Crippen LogP contribution in [0.1, 0.15) is 19.3 Å². The highest BCUT2D eigenvalue weighted by atomic mass is 16.6. The Kier molecular flexibility index (Phi) is 5.10. The Labute approximate surface area is 123 Å². The molecule has 7 heteroatoms. The lowest BCUT2D eigenvalue weighted by Gasteiger charge is -2.36. The maximum Gasteiger partial charge on any atom is 0.269 e. The van der Waals surface area contributed by atoms with E-state index in [2.05, 4.69) is 5.32 Å². The quantitative estimate of drug-likeness (QED) is 0.507. The van der Waals surface area contributed by atoms with Crippen molar-refractivity contribution in [1.29, 1.82) is 0 Å². The predicted molar refractivity (Wildman–Crippen MR) is 78.1 cm³/mol. The normalized spacial score (nSPS) is 18.3. The van der Waals surface area contributed by atoms with Gasteiger partial charge in [-0.1, -0.05) is 0 Å². The first kappa shape index (κ1) is 15.2. The van der Waals surface area contributed by atoms with Crippen LogP contribution in [-0.2, 0) is 9.53 Å². The molecule has 0 aromatic heterocycles. The van der Waals surface area contributed by atoms with E-state index in [4.69, 9.17) is 4.74 Å². The minimum atomic E-state index is -0.428. The number of methoxy groups -OCH3 is 1. The molecular weight excluding hydrogens is 274 g/mol. The fourth-order valence-corrected chi connectivity index (χ4v) is 2.54. The lowest BCUT2D eigenvalue weighted by atomic mass is 10.0. The van der Waals surface area contributed by atoms with Gasteiger partial charge in [0.1, 0.15) is 12.8 Å². The van der Waals surface area contributed by atoms with Gasteiger partial charge in [-0.2, -0.15) is 0 Å². The zero-order chi connectivity index (χ0) is 15.2. The van der Waals surface area contributed by atoms with Gasteiger partial charge < -0.3 is 15.0 Å². The summed E-state index contributed by atoms with van der Waals surface area (Å²) < 4.78 is 4.86. The molecule has 0 saturated carbocycles. The van der Waals surface area contributed by atoms with E-state index in [1.165, 1.54) is 19.2 Å². The largest absolute Gasteiger partial charge is 0.364 e. The zero-order valence-corrected chi connectivity index (χ0v) is 11.9. The number of nitro groups is 1. The summed E-state index contributed by atoms with van der Waals surface area (Å²) >= 11 is 0. The number of nitrogens with zero attached hydrogens (tertiary/aromatic N) is 2. The number of rotatable bonds is 5. The molecule has 114 valence electrons. The van der Waals surface area contributed by atoms with E-state index in [-0.39, 0.29) is 24.4 Å². The molecule has 1 fully saturated rings. The lowest BCUT2D eigenvalue weighted by molar-refractivity contribution is -0.384. The number of hydrogen-bond donors (Lipinski definition) is 1. The first-order chi connectivity index (χ1) is 10.1. The molecule has 1 aromatic carbocycles. The van der Waals surface area contributed by atoms with Gasteiger partial charge in [0, 0.05) is 31.5 Å². The third kappa shape index (κ3) is 3.69. The molecule has 0 radical (unpaired) electrons. The highest BCUT2D eigenvalue weighted by molar-refractivity contribution is 5.85. The molecule has 0 aliphatic carbocycles. The molecule has 1 aliphatic heterocycles. The lowest BCUT2D eigenvalue weighted by Crippen LogP contribution is -2.50. The SMILES string of the molecule is COCNC(=O)C1CCCCN1c1ccc([N+](=O)[O-])cc1. The number of benzene rings is 1. The van der Waals surface area contributed by atoms with Crippen molar-refractivity contribution in [2.24, 2.45) is 0 Å². The maximum absolute atomic E-state index is 12.2. The van der Waals surface area contributed by atoms with Gasteiger partial charge >= 0.3 is 0 Å². The summed E-state index contributed by atoms with van der Waals surface area (Å²) in [7, 11) is 1.52. The van der Waals surface area contributed by atoms with Gasteiger partial charge in [-0.25, -0.2) is 0 Å². The number of ether oxygens (including phenoxy) is 1. The fourth-order valence-electron chi connectivity index (χ4n) is 2.54. The fraction of sp³-hybridized carbons (Fsp3) is 0.500. The van der Waals surface area contributed by atoms with E-state index in [1.54, 1.807) is 12.1 Å². The average molecular weight is 293 g/mol. The van der Waals surface area contributed by atoms with Crippen molar-refractivity contribution >= 4 is 17.3 Å². The molecule has 2 rings (SSSR count). The Balaban J connectivity index is 2.14.